The summed E-state index contributed by atoms with van der Waals surface area (Å²) in [5.74, 6) is 0.375. The fourth-order valence-electron chi connectivity index (χ4n) is 2.49. The predicted octanol–water partition coefficient (Wildman–Crippen LogP) is 3.73. The largest absolute Gasteiger partial charge is 0.339 e. The number of hydrogen-bond acceptors (Lipinski definition) is 1. The minimum Gasteiger partial charge on any atom is -0.339 e. The zero-order valence-corrected chi connectivity index (χ0v) is 12.0. The molecule has 1 amide bonds. The third-order valence-corrected chi connectivity index (χ3v) is 3.76. The summed E-state index contributed by atoms with van der Waals surface area (Å²) in [4.78, 5) is 14.2. The Morgan fingerprint density at radius 1 is 1.31 bits per heavy atom. The van der Waals surface area contributed by atoms with Gasteiger partial charge in [0.2, 0.25) is 5.91 Å². The Labute approximate surface area is 108 Å². The van der Waals surface area contributed by atoms with Crippen LogP contribution in [0.3, 0.4) is 0 Å². The van der Waals surface area contributed by atoms with Gasteiger partial charge in [-0.2, -0.15) is 0 Å². The summed E-state index contributed by atoms with van der Waals surface area (Å²) in [5.41, 5.74) is 0. The van der Waals surface area contributed by atoms with Crippen molar-refractivity contribution < 1.29 is 4.79 Å². The fraction of sp³-hybridized carbons (Fsp3) is 0.923. The van der Waals surface area contributed by atoms with E-state index >= 15 is 0 Å². The van der Waals surface area contributed by atoms with Crippen LogP contribution in [0.2, 0.25) is 0 Å². The van der Waals surface area contributed by atoms with Crippen LogP contribution in [0.25, 0.3) is 0 Å². The summed E-state index contributed by atoms with van der Waals surface area (Å²) in [5, 5.41) is 0.906. The summed E-state index contributed by atoms with van der Waals surface area (Å²) in [6, 6.07) is 0.534. The van der Waals surface area contributed by atoms with Crippen molar-refractivity contribution in [1.29, 1.82) is 0 Å². The molecule has 0 spiro atoms. The molecule has 0 bridgehead atoms. The van der Waals surface area contributed by atoms with E-state index in [2.05, 4.69) is 27.8 Å². The molecule has 1 rings (SSSR count). The molecule has 0 atom stereocenters. The number of hydrogen-bond donors (Lipinski definition) is 0. The summed E-state index contributed by atoms with van der Waals surface area (Å²) in [7, 11) is 0. The lowest BCUT2D eigenvalue weighted by atomic mass is 10.1. The quantitative estimate of drug-likeness (QED) is 0.517. The third kappa shape index (κ3) is 4.44. The van der Waals surface area contributed by atoms with E-state index in [-0.39, 0.29) is 0 Å². The van der Waals surface area contributed by atoms with Crippen LogP contribution >= 0.6 is 15.9 Å². The normalized spacial score (nSPS) is 16.6. The summed E-state index contributed by atoms with van der Waals surface area (Å²) >= 11 is 3.45. The van der Waals surface area contributed by atoms with Gasteiger partial charge in [-0.25, -0.2) is 0 Å². The zero-order chi connectivity index (χ0) is 11.8. The molecule has 0 aromatic rings. The Kier molecular flexibility index (Phi) is 7.10. The van der Waals surface area contributed by atoms with Crippen molar-refractivity contribution in [2.45, 2.75) is 64.3 Å². The number of nitrogens with zero attached hydrogens (tertiary/aromatic N) is 1. The molecule has 1 fully saturated rings. The van der Waals surface area contributed by atoms with E-state index < -0.39 is 0 Å². The Morgan fingerprint density at radius 3 is 2.56 bits per heavy atom. The third-order valence-electron chi connectivity index (χ3n) is 3.41. The van der Waals surface area contributed by atoms with E-state index in [4.69, 9.17) is 0 Å². The minimum absolute atomic E-state index is 0.375. The first-order chi connectivity index (χ1) is 7.79. The maximum atomic E-state index is 12.1. The molecule has 0 aliphatic heterocycles. The topological polar surface area (TPSA) is 20.3 Å². The van der Waals surface area contributed by atoms with Gasteiger partial charge in [-0.05, 0) is 19.3 Å². The van der Waals surface area contributed by atoms with Gasteiger partial charge in [0.1, 0.15) is 0 Å². The van der Waals surface area contributed by atoms with Gasteiger partial charge in [0.15, 0.2) is 0 Å². The molecule has 1 aliphatic rings. The maximum absolute atomic E-state index is 12.1. The monoisotopic (exact) mass is 289 g/mol. The molecular weight excluding hydrogens is 266 g/mol. The van der Waals surface area contributed by atoms with E-state index in [0.717, 1.165) is 24.7 Å². The average molecular weight is 290 g/mol. The van der Waals surface area contributed by atoms with Crippen LogP contribution in [-0.2, 0) is 4.79 Å². The molecular formula is C13H24BrNO. The highest BCUT2D eigenvalue weighted by Crippen LogP contribution is 2.24. The SMILES string of the molecule is CCCCCC(=O)N(CCBr)C1CCCC1. The Balaban J connectivity index is 2.38. The maximum Gasteiger partial charge on any atom is 0.222 e. The van der Waals surface area contributed by atoms with Crippen molar-refractivity contribution in [3.05, 3.63) is 0 Å². The summed E-state index contributed by atoms with van der Waals surface area (Å²) in [6.07, 6.45) is 9.20. The molecule has 1 aliphatic carbocycles. The second-order valence-corrected chi connectivity index (χ2v) is 5.46. The van der Waals surface area contributed by atoms with Crippen LogP contribution in [0.15, 0.2) is 0 Å². The van der Waals surface area contributed by atoms with Gasteiger partial charge in [-0.3, -0.25) is 4.79 Å². The molecule has 0 radical (unpaired) electrons. The lowest BCUT2D eigenvalue weighted by Gasteiger charge is -2.28. The van der Waals surface area contributed by atoms with E-state index in [1.807, 2.05) is 0 Å². The summed E-state index contributed by atoms with van der Waals surface area (Å²) < 4.78 is 0. The van der Waals surface area contributed by atoms with Gasteiger partial charge in [-0.1, -0.05) is 48.5 Å². The highest BCUT2D eigenvalue weighted by atomic mass is 79.9. The van der Waals surface area contributed by atoms with Gasteiger partial charge < -0.3 is 4.90 Å². The number of amides is 1. The molecule has 0 heterocycles. The molecule has 0 unspecified atom stereocenters. The van der Waals surface area contributed by atoms with Crippen LogP contribution in [0.1, 0.15) is 58.3 Å². The second-order valence-electron chi connectivity index (χ2n) is 4.67. The van der Waals surface area contributed by atoms with E-state index in [1.54, 1.807) is 0 Å². The first-order valence-electron chi connectivity index (χ1n) is 6.65. The van der Waals surface area contributed by atoms with Gasteiger partial charge in [0, 0.05) is 24.3 Å². The number of halogens is 1. The number of unbranched alkanes of at least 4 members (excludes halogenated alkanes) is 2. The minimum atomic E-state index is 0.375. The van der Waals surface area contributed by atoms with Crippen molar-refractivity contribution >= 4 is 21.8 Å². The van der Waals surface area contributed by atoms with Crippen molar-refractivity contribution in [3.63, 3.8) is 0 Å². The molecule has 0 aromatic carbocycles. The number of carbonyl (C=O) groups excluding carboxylic acids is 1. The van der Waals surface area contributed by atoms with Crippen LogP contribution in [0.5, 0.6) is 0 Å². The molecule has 1 saturated carbocycles. The van der Waals surface area contributed by atoms with Crippen molar-refractivity contribution in [1.82, 2.24) is 4.90 Å². The molecule has 16 heavy (non-hydrogen) atoms. The lowest BCUT2D eigenvalue weighted by Crippen LogP contribution is -2.40. The van der Waals surface area contributed by atoms with E-state index in [9.17, 15) is 4.79 Å². The Bertz CT molecular complexity index is 202. The summed E-state index contributed by atoms with van der Waals surface area (Å²) in [6.45, 7) is 3.06. The van der Waals surface area contributed by atoms with Gasteiger partial charge in [-0.15, -0.1) is 0 Å². The number of carbonyl (C=O) groups is 1. The molecule has 3 heteroatoms. The Hall–Kier alpha value is -0.0500. The van der Waals surface area contributed by atoms with Gasteiger partial charge in [0.05, 0.1) is 0 Å². The smallest absolute Gasteiger partial charge is 0.222 e. The van der Waals surface area contributed by atoms with Gasteiger partial charge in [0.25, 0.3) is 0 Å². The molecule has 0 N–H and O–H groups in total. The van der Waals surface area contributed by atoms with Crippen LogP contribution in [-0.4, -0.2) is 28.7 Å². The Morgan fingerprint density at radius 2 is 2.00 bits per heavy atom. The van der Waals surface area contributed by atoms with Crippen LogP contribution in [0.4, 0.5) is 0 Å². The fourth-order valence-corrected chi connectivity index (χ4v) is 2.87. The van der Waals surface area contributed by atoms with Crippen molar-refractivity contribution in [2.24, 2.45) is 0 Å². The molecule has 0 saturated heterocycles. The first kappa shape index (κ1) is 14.0. The average Bonchev–Trinajstić information content (AvgIpc) is 2.79. The number of rotatable bonds is 7. The van der Waals surface area contributed by atoms with Crippen molar-refractivity contribution in [2.75, 3.05) is 11.9 Å². The predicted molar refractivity (Wildman–Crippen MR) is 71.9 cm³/mol. The molecule has 0 aromatic heterocycles. The highest BCUT2D eigenvalue weighted by molar-refractivity contribution is 9.09. The van der Waals surface area contributed by atoms with Gasteiger partial charge >= 0.3 is 0 Å². The first-order valence-corrected chi connectivity index (χ1v) is 7.77. The van der Waals surface area contributed by atoms with Crippen molar-refractivity contribution in [3.8, 4) is 0 Å². The highest BCUT2D eigenvalue weighted by Gasteiger charge is 2.25. The molecule has 2 nitrogen and oxygen atoms in total. The standard InChI is InChI=1S/C13H24BrNO/c1-2-3-4-9-13(16)15(11-10-14)12-7-5-6-8-12/h12H,2-11H2,1H3. The van der Waals surface area contributed by atoms with Crippen LogP contribution in [0, 0.1) is 0 Å². The van der Waals surface area contributed by atoms with E-state index in [1.165, 1.54) is 38.5 Å². The van der Waals surface area contributed by atoms with Crippen LogP contribution < -0.4 is 0 Å². The second kappa shape index (κ2) is 8.10. The lowest BCUT2D eigenvalue weighted by molar-refractivity contribution is -0.133. The van der Waals surface area contributed by atoms with E-state index in [0.29, 0.717) is 11.9 Å². The molecule has 94 valence electrons. The zero-order valence-electron chi connectivity index (χ0n) is 10.4. The number of alkyl halides is 1.